The van der Waals surface area contributed by atoms with Crippen LogP contribution in [0.5, 0.6) is 0 Å². The van der Waals surface area contributed by atoms with Crippen molar-refractivity contribution < 1.29 is 0 Å². The summed E-state index contributed by atoms with van der Waals surface area (Å²) in [4.78, 5) is 7.70. The Hall–Kier alpha value is -6.78. The van der Waals surface area contributed by atoms with Gasteiger partial charge in [-0.1, -0.05) is 203 Å². The molecule has 380 valence electrons. The molecule has 4 heteroatoms. The summed E-state index contributed by atoms with van der Waals surface area (Å²) in [5.74, 6) is 0. The lowest BCUT2D eigenvalue weighted by Crippen LogP contribution is -2.61. The van der Waals surface area contributed by atoms with E-state index in [1.54, 1.807) is 0 Å². The third-order valence-corrected chi connectivity index (χ3v) is 16.8. The van der Waals surface area contributed by atoms with E-state index in [9.17, 15) is 0 Å². The number of anilines is 9. The quantitative estimate of drug-likeness (QED) is 0.159. The Morgan fingerprint density at radius 2 is 0.800 bits per heavy atom. The van der Waals surface area contributed by atoms with E-state index in [2.05, 4.69) is 296 Å². The first kappa shape index (κ1) is 50.4. The van der Waals surface area contributed by atoms with Gasteiger partial charge in [0.15, 0.2) is 0 Å². The molecule has 0 radical (unpaired) electrons. The Balaban J connectivity index is 1.21. The van der Waals surface area contributed by atoms with Crippen LogP contribution < -0.4 is 31.1 Å². The Morgan fingerprint density at radius 1 is 0.347 bits per heavy atom. The van der Waals surface area contributed by atoms with Crippen molar-refractivity contribution in [2.75, 3.05) is 14.7 Å². The molecule has 0 saturated carbocycles. The van der Waals surface area contributed by atoms with Crippen molar-refractivity contribution in [2.24, 2.45) is 0 Å². The summed E-state index contributed by atoms with van der Waals surface area (Å²) in [7, 11) is 0. The third kappa shape index (κ3) is 8.52. The lowest BCUT2D eigenvalue weighted by Gasteiger charge is -2.46. The topological polar surface area (TPSA) is 9.72 Å². The minimum atomic E-state index is -0.149. The minimum absolute atomic E-state index is 0.00820. The lowest BCUT2D eigenvalue weighted by atomic mass is 9.33. The second-order valence-corrected chi connectivity index (χ2v) is 27.7. The van der Waals surface area contributed by atoms with Crippen molar-refractivity contribution in [1.29, 1.82) is 0 Å². The molecule has 75 heavy (non-hydrogen) atoms. The summed E-state index contributed by atoms with van der Waals surface area (Å²) < 4.78 is 0. The molecule has 11 rings (SSSR count). The predicted octanol–water partition coefficient (Wildman–Crippen LogP) is 18.0. The minimum Gasteiger partial charge on any atom is -0.311 e. The van der Waals surface area contributed by atoms with Crippen LogP contribution in [0.1, 0.15) is 157 Å². The molecule has 1 aliphatic carbocycles. The van der Waals surface area contributed by atoms with Crippen molar-refractivity contribution in [3.63, 3.8) is 0 Å². The van der Waals surface area contributed by atoms with Crippen LogP contribution in [0.25, 0.3) is 11.1 Å². The highest BCUT2D eigenvalue weighted by atomic mass is 15.2. The molecule has 0 saturated heterocycles. The van der Waals surface area contributed by atoms with E-state index in [1.165, 1.54) is 94.9 Å². The zero-order chi connectivity index (χ0) is 53.5. The van der Waals surface area contributed by atoms with Gasteiger partial charge in [0.25, 0.3) is 6.71 Å². The number of rotatable bonds is 5. The number of hydrogen-bond acceptors (Lipinski definition) is 3. The van der Waals surface area contributed by atoms with Gasteiger partial charge < -0.3 is 14.7 Å². The number of nitrogens with zero attached hydrogens (tertiary/aromatic N) is 3. The van der Waals surface area contributed by atoms with Crippen molar-refractivity contribution in [3.05, 3.63) is 203 Å². The van der Waals surface area contributed by atoms with Gasteiger partial charge in [-0.3, -0.25) is 0 Å². The molecule has 0 atom stereocenters. The Kier molecular flexibility index (Phi) is 11.5. The molecule has 0 bridgehead atoms. The molecule has 0 amide bonds. The Labute approximate surface area is 450 Å². The summed E-state index contributed by atoms with van der Waals surface area (Å²) in [6, 6.07) is 64.1. The molecule has 0 N–H and O–H groups in total. The first-order valence-corrected chi connectivity index (χ1v) is 27.5. The highest BCUT2D eigenvalue weighted by molar-refractivity contribution is 7.00. The number of fused-ring (bicyclic) bond motifs is 7. The van der Waals surface area contributed by atoms with Crippen LogP contribution in [0.3, 0.4) is 0 Å². The van der Waals surface area contributed by atoms with Crippen molar-refractivity contribution >= 4 is 74.3 Å². The van der Waals surface area contributed by atoms with Gasteiger partial charge >= 0.3 is 0 Å². The highest BCUT2D eigenvalue weighted by Crippen LogP contribution is 2.53. The molecule has 2 heterocycles. The summed E-state index contributed by atoms with van der Waals surface area (Å²) in [6.45, 7) is 39.6. The van der Waals surface area contributed by atoms with Crippen LogP contribution in [0.15, 0.2) is 164 Å². The normalized spacial score (nSPS) is 14.8. The van der Waals surface area contributed by atoms with E-state index in [0.717, 1.165) is 22.7 Å². The molecule has 3 nitrogen and oxygen atoms in total. The fraction of sp³-hybridized carbons (Fsp3) is 0.324. The molecule has 0 fully saturated rings. The zero-order valence-corrected chi connectivity index (χ0v) is 48.0. The zero-order valence-electron chi connectivity index (χ0n) is 48.0. The third-order valence-electron chi connectivity index (χ3n) is 16.8. The monoisotopic (exact) mass is 984 g/mol. The summed E-state index contributed by atoms with van der Waals surface area (Å²) in [5.41, 5.74) is 26.4. The standard InChI is InChI=1S/C71H78BN3/c1-66(2,3)45-22-29-50(30-23-45)73(51-31-24-46(25-32-51)67(4,5)6)54-36-38-59-62(44-54)74(52-33-26-47(27-34-52)68(7,8)9)63-41-49(70(13,14)15)42-64-65(63)72(59)60-40-48(69(10,11)12)28-39-61(60)75(64)53-35-37-56-55-20-18-19-21-57(55)71(16,17)58(56)43-53/h18-44H,1-17H3. The predicted molar refractivity (Wildman–Crippen MR) is 326 cm³/mol. The molecule has 0 unspecified atom stereocenters. The van der Waals surface area contributed by atoms with Gasteiger partial charge in [0.2, 0.25) is 0 Å². The molecule has 8 aromatic rings. The molecule has 8 aromatic carbocycles. The fourth-order valence-corrected chi connectivity index (χ4v) is 12.2. The van der Waals surface area contributed by atoms with Crippen molar-refractivity contribution in [3.8, 4) is 11.1 Å². The molecular formula is C71H78BN3. The Morgan fingerprint density at radius 3 is 1.33 bits per heavy atom. The van der Waals surface area contributed by atoms with Crippen LogP contribution in [0.2, 0.25) is 0 Å². The van der Waals surface area contributed by atoms with E-state index >= 15 is 0 Å². The van der Waals surface area contributed by atoms with Crippen molar-refractivity contribution in [1.82, 2.24) is 0 Å². The summed E-state index contributed by atoms with van der Waals surface area (Å²) in [6.07, 6.45) is 0. The smallest absolute Gasteiger partial charge is 0.252 e. The van der Waals surface area contributed by atoms with Crippen LogP contribution in [-0.2, 0) is 32.5 Å². The molecule has 0 aromatic heterocycles. The van der Waals surface area contributed by atoms with Gasteiger partial charge in [0.05, 0.1) is 0 Å². The van der Waals surface area contributed by atoms with Gasteiger partial charge in [-0.25, -0.2) is 0 Å². The second-order valence-electron chi connectivity index (χ2n) is 27.7. The summed E-state index contributed by atoms with van der Waals surface area (Å²) in [5, 5.41) is 0. The van der Waals surface area contributed by atoms with Gasteiger partial charge in [-0.05, 0) is 172 Å². The maximum Gasteiger partial charge on any atom is 0.252 e. The van der Waals surface area contributed by atoms with Gasteiger partial charge in [-0.2, -0.15) is 0 Å². The van der Waals surface area contributed by atoms with Crippen LogP contribution >= 0.6 is 0 Å². The molecule has 0 spiro atoms. The molecular weight excluding hydrogens is 906 g/mol. The van der Waals surface area contributed by atoms with Crippen LogP contribution in [0, 0.1) is 0 Å². The maximum atomic E-state index is 2.62. The first-order valence-electron chi connectivity index (χ1n) is 27.5. The first-order chi connectivity index (χ1) is 35.1. The van der Waals surface area contributed by atoms with E-state index in [1.807, 2.05) is 0 Å². The number of hydrogen-bond donors (Lipinski definition) is 0. The largest absolute Gasteiger partial charge is 0.311 e. The maximum absolute atomic E-state index is 2.62. The molecule has 2 aliphatic heterocycles. The van der Waals surface area contributed by atoms with Gasteiger partial charge in [-0.15, -0.1) is 0 Å². The second kappa shape index (κ2) is 17.1. The van der Waals surface area contributed by atoms with E-state index < -0.39 is 0 Å². The van der Waals surface area contributed by atoms with E-state index in [4.69, 9.17) is 0 Å². The van der Waals surface area contributed by atoms with Crippen molar-refractivity contribution in [2.45, 2.75) is 150 Å². The van der Waals surface area contributed by atoms with Crippen LogP contribution in [-0.4, -0.2) is 6.71 Å². The van der Waals surface area contributed by atoms with Crippen LogP contribution in [0.4, 0.5) is 51.2 Å². The van der Waals surface area contributed by atoms with Gasteiger partial charge in [0.1, 0.15) is 0 Å². The average Bonchev–Trinajstić information content (AvgIpc) is 3.60. The van der Waals surface area contributed by atoms with E-state index in [-0.39, 0.29) is 39.2 Å². The number of benzene rings is 8. The fourth-order valence-electron chi connectivity index (χ4n) is 12.2. The highest BCUT2D eigenvalue weighted by Gasteiger charge is 2.46. The average molecular weight is 984 g/mol. The van der Waals surface area contributed by atoms with E-state index in [0.29, 0.717) is 0 Å². The summed E-state index contributed by atoms with van der Waals surface area (Å²) >= 11 is 0. The SMILES string of the molecule is CC(C)(C)c1ccc(N(c2ccc(C(C)(C)C)cc2)c2ccc3c(c2)N(c2ccc(C(C)(C)C)cc2)c2cc(C(C)(C)C)cc4c2B3c2cc(C(C)(C)C)ccc2N4c2ccc3c(c2)C(C)(C)c2ccccc2-3)cc1. The molecule has 3 aliphatic rings. The Bertz CT molecular complexity index is 3470. The lowest BCUT2D eigenvalue weighted by molar-refractivity contribution is 0.590. The van der Waals surface area contributed by atoms with Gasteiger partial charge in [0, 0.05) is 56.6 Å².